The fourth-order valence-electron chi connectivity index (χ4n) is 1.99. The Morgan fingerprint density at radius 1 is 1.38 bits per heavy atom. The van der Waals surface area contributed by atoms with Crippen molar-refractivity contribution in [3.8, 4) is 5.75 Å². The number of rotatable bonds is 6. The number of hydrogen-bond acceptors (Lipinski definition) is 3. The minimum Gasteiger partial charge on any atom is -0.490 e. The minimum atomic E-state index is -0.549. The molecule has 2 aromatic rings. The van der Waals surface area contributed by atoms with Crippen LogP contribution in [0.15, 0.2) is 30.5 Å². The molecule has 0 aliphatic carbocycles. The van der Waals surface area contributed by atoms with Crippen molar-refractivity contribution in [1.82, 2.24) is 9.78 Å². The number of carbonyl (C=O) groups is 1. The number of amides is 1. The van der Waals surface area contributed by atoms with Gasteiger partial charge in [-0.2, -0.15) is 5.10 Å². The summed E-state index contributed by atoms with van der Waals surface area (Å²) in [4.78, 5) is 12.3. The summed E-state index contributed by atoms with van der Waals surface area (Å²) in [6.07, 6.45) is 2.51. The zero-order valence-electron chi connectivity index (χ0n) is 12.1. The molecule has 1 amide bonds. The molecule has 0 bridgehead atoms. The third-order valence-corrected chi connectivity index (χ3v) is 2.89. The van der Waals surface area contributed by atoms with E-state index in [-0.39, 0.29) is 17.9 Å². The number of aryl methyl sites for hydroxylation is 1. The van der Waals surface area contributed by atoms with Crippen molar-refractivity contribution in [2.45, 2.75) is 26.8 Å². The van der Waals surface area contributed by atoms with Gasteiger partial charge in [-0.15, -0.1) is 0 Å². The molecule has 0 saturated heterocycles. The number of halogens is 1. The van der Waals surface area contributed by atoms with Gasteiger partial charge >= 0.3 is 0 Å². The molecule has 0 saturated carbocycles. The highest BCUT2D eigenvalue weighted by Gasteiger charge is 2.17. The molecule has 0 spiro atoms. The number of hydrogen-bond donors (Lipinski definition) is 1. The van der Waals surface area contributed by atoms with Crippen LogP contribution in [0.25, 0.3) is 0 Å². The number of ether oxygens (including phenoxy) is 1. The highest BCUT2D eigenvalue weighted by molar-refractivity contribution is 6.05. The molecule has 21 heavy (non-hydrogen) atoms. The number of aromatic nitrogens is 2. The lowest BCUT2D eigenvalue weighted by Gasteiger charge is -2.12. The van der Waals surface area contributed by atoms with Crippen LogP contribution >= 0.6 is 0 Å². The summed E-state index contributed by atoms with van der Waals surface area (Å²) in [6, 6.07) is 5.98. The van der Waals surface area contributed by atoms with E-state index in [0.717, 1.165) is 6.42 Å². The van der Waals surface area contributed by atoms with Gasteiger partial charge in [-0.1, -0.05) is 13.0 Å². The van der Waals surface area contributed by atoms with Crippen molar-refractivity contribution in [1.29, 1.82) is 0 Å². The molecule has 5 nitrogen and oxygen atoms in total. The van der Waals surface area contributed by atoms with Crippen LogP contribution in [-0.4, -0.2) is 22.3 Å². The van der Waals surface area contributed by atoms with Gasteiger partial charge in [-0.05, 0) is 25.5 Å². The normalized spacial score (nSPS) is 10.4. The number of benzene rings is 1. The molecule has 0 unspecified atom stereocenters. The van der Waals surface area contributed by atoms with Gasteiger partial charge in [0.25, 0.3) is 5.91 Å². The molecule has 0 fully saturated rings. The van der Waals surface area contributed by atoms with Gasteiger partial charge in [0.1, 0.15) is 5.82 Å². The van der Waals surface area contributed by atoms with Gasteiger partial charge in [0.15, 0.2) is 11.6 Å². The van der Waals surface area contributed by atoms with Crippen molar-refractivity contribution in [2.75, 3.05) is 11.9 Å². The Labute approximate surface area is 122 Å². The second-order valence-corrected chi connectivity index (χ2v) is 4.44. The zero-order chi connectivity index (χ0) is 15.2. The molecule has 0 radical (unpaired) electrons. The van der Waals surface area contributed by atoms with Crippen LogP contribution in [0.1, 0.15) is 30.6 Å². The fourth-order valence-corrected chi connectivity index (χ4v) is 1.99. The van der Waals surface area contributed by atoms with Crippen LogP contribution in [0.2, 0.25) is 0 Å². The third kappa shape index (κ3) is 3.39. The van der Waals surface area contributed by atoms with E-state index >= 15 is 0 Å². The quantitative estimate of drug-likeness (QED) is 0.889. The predicted octanol–water partition coefficient (Wildman–Crippen LogP) is 3.08. The molecule has 112 valence electrons. The summed E-state index contributed by atoms with van der Waals surface area (Å²) in [5.41, 5.74) is 0.168. The monoisotopic (exact) mass is 291 g/mol. The number of nitrogens with zero attached hydrogens (tertiary/aromatic N) is 2. The van der Waals surface area contributed by atoms with Crippen LogP contribution in [0.5, 0.6) is 5.75 Å². The summed E-state index contributed by atoms with van der Waals surface area (Å²) in [5.74, 6) is -0.421. The largest absolute Gasteiger partial charge is 0.490 e. The minimum absolute atomic E-state index is 0.0287. The first-order chi connectivity index (χ1) is 10.2. The van der Waals surface area contributed by atoms with Crippen molar-refractivity contribution >= 4 is 11.7 Å². The van der Waals surface area contributed by atoms with Gasteiger partial charge in [0.2, 0.25) is 0 Å². The van der Waals surface area contributed by atoms with Crippen LogP contribution in [-0.2, 0) is 6.54 Å². The Kier molecular flexibility index (Phi) is 4.92. The molecule has 6 heteroatoms. The smallest absolute Gasteiger partial charge is 0.260 e. The second kappa shape index (κ2) is 6.88. The van der Waals surface area contributed by atoms with E-state index in [1.807, 2.05) is 6.92 Å². The molecule has 0 aliphatic heterocycles. The van der Waals surface area contributed by atoms with Gasteiger partial charge in [-0.3, -0.25) is 4.79 Å². The van der Waals surface area contributed by atoms with Gasteiger partial charge in [0.05, 0.1) is 18.4 Å². The van der Waals surface area contributed by atoms with E-state index < -0.39 is 11.7 Å². The van der Waals surface area contributed by atoms with Gasteiger partial charge in [-0.25, -0.2) is 9.07 Å². The lowest BCUT2D eigenvalue weighted by molar-refractivity contribution is 0.102. The van der Waals surface area contributed by atoms with E-state index in [4.69, 9.17) is 4.74 Å². The standard InChI is InChI=1S/C15H18FN3O2/c1-3-10-19-13(8-9-17-19)18-15(20)11-6-5-7-12(16)14(11)21-4-2/h5-9H,3-4,10H2,1-2H3,(H,18,20). The molecule has 1 aromatic carbocycles. The first kappa shape index (κ1) is 15.0. The summed E-state index contributed by atoms with van der Waals surface area (Å²) in [5, 5.41) is 6.86. The number of para-hydroxylation sites is 1. The van der Waals surface area contributed by atoms with Crippen LogP contribution < -0.4 is 10.1 Å². The summed E-state index contributed by atoms with van der Waals surface area (Å²) in [7, 11) is 0. The van der Waals surface area contributed by atoms with E-state index in [2.05, 4.69) is 10.4 Å². The van der Waals surface area contributed by atoms with E-state index in [1.165, 1.54) is 18.2 Å². The molecule has 1 aromatic heterocycles. The molecule has 1 heterocycles. The highest BCUT2D eigenvalue weighted by atomic mass is 19.1. The lowest BCUT2D eigenvalue weighted by Crippen LogP contribution is -2.17. The lowest BCUT2D eigenvalue weighted by atomic mass is 10.2. The maximum absolute atomic E-state index is 13.8. The van der Waals surface area contributed by atoms with Crippen LogP contribution in [0.3, 0.4) is 0 Å². The molecule has 0 atom stereocenters. The Hall–Kier alpha value is -2.37. The average Bonchev–Trinajstić information content (AvgIpc) is 2.89. The van der Waals surface area contributed by atoms with Gasteiger partial charge in [0, 0.05) is 12.6 Å². The summed E-state index contributed by atoms with van der Waals surface area (Å²) in [6.45, 7) is 4.75. The summed E-state index contributed by atoms with van der Waals surface area (Å²) < 4.78 is 20.7. The highest BCUT2D eigenvalue weighted by Crippen LogP contribution is 2.23. The Balaban J connectivity index is 2.24. The SMILES string of the molecule is CCCn1nccc1NC(=O)c1cccc(F)c1OCC. The molecule has 0 aliphatic rings. The maximum Gasteiger partial charge on any atom is 0.260 e. The topological polar surface area (TPSA) is 56.2 Å². The van der Waals surface area contributed by atoms with Crippen LogP contribution in [0, 0.1) is 5.82 Å². The second-order valence-electron chi connectivity index (χ2n) is 4.44. The van der Waals surface area contributed by atoms with E-state index in [1.54, 1.807) is 23.9 Å². The zero-order valence-corrected chi connectivity index (χ0v) is 12.1. The van der Waals surface area contributed by atoms with Crippen LogP contribution in [0.4, 0.5) is 10.2 Å². The first-order valence-electron chi connectivity index (χ1n) is 6.91. The van der Waals surface area contributed by atoms with E-state index in [9.17, 15) is 9.18 Å². The number of anilines is 1. The van der Waals surface area contributed by atoms with Crippen molar-refractivity contribution in [3.63, 3.8) is 0 Å². The maximum atomic E-state index is 13.8. The molecule has 1 N–H and O–H groups in total. The van der Waals surface area contributed by atoms with Crippen molar-refractivity contribution < 1.29 is 13.9 Å². The van der Waals surface area contributed by atoms with Crippen molar-refractivity contribution in [3.05, 3.63) is 41.8 Å². The Morgan fingerprint density at radius 2 is 2.19 bits per heavy atom. The summed E-state index contributed by atoms with van der Waals surface area (Å²) >= 11 is 0. The first-order valence-corrected chi connectivity index (χ1v) is 6.91. The molecular formula is C15H18FN3O2. The van der Waals surface area contributed by atoms with Gasteiger partial charge < -0.3 is 10.1 Å². The Bertz CT molecular complexity index is 625. The molecule has 2 rings (SSSR count). The number of nitrogens with one attached hydrogen (secondary N) is 1. The molecular weight excluding hydrogens is 273 g/mol. The third-order valence-electron chi connectivity index (χ3n) is 2.89. The Morgan fingerprint density at radius 3 is 2.90 bits per heavy atom. The number of carbonyl (C=O) groups excluding carboxylic acids is 1. The average molecular weight is 291 g/mol. The predicted molar refractivity (Wildman–Crippen MR) is 78.0 cm³/mol. The fraction of sp³-hybridized carbons (Fsp3) is 0.333. The van der Waals surface area contributed by atoms with Crippen molar-refractivity contribution in [2.24, 2.45) is 0 Å². The van der Waals surface area contributed by atoms with E-state index in [0.29, 0.717) is 12.4 Å².